The average Bonchev–Trinajstić information content (AvgIpc) is 3.11. The summed E-state index contributed by atoms with van der Waals surface area (Å²) in [6.07, 6.45) is 5.67. The van der Waals surface area contributed by atoms with Gasteiger partial charge >= 0.3 is 0 Å². The summed E-state index contributed by atoms with van der Waals surface area (Å²) in [5.74, 6) is 0. The van der Waals surface area contributed by atoms with Crippen molar-refractivity contribution in [3.8, 4) is 0 Å². The Morgan fingerprint density at radius 1 is 1.24 bits per heavy atom. The highest BCUT2D eigenvalue weighted by atomic mass is 16.5. The van der Waals surface area contributed by atoms with Crippen LogP contribution in [0.25, 0.3) is 0 Å². The molecule has 0 spiro atoms. The van der Waals surface area contributed by atoms with Crippen LogP contribution in [0.5, 0.6) is 0 Å². The van der Waals surface area contributed by atoms with Crippen molar-refractivity contribution in [2.75, 3.05) is 31.2 Å². The lowest BCUT2D eigenvalue weighted by molar-refractivity contribution is 0.122. The summed E-state index contributed by atoms with van der Waals surface area (Å²) in [7, 11) is 0. The van der Waals surface area contributed by atoms with Gasteiger partial charge in [0.25, 0.3) is 0 Å². The number of rotatable bonds is 5. The van der Waals surface area contributed by atoms with Crippen LogP contribution < -0.4 is 10.2 Å². The maximum Gasteiger partial charge on any atom is 0.0642 e. The standard InChI is InChI=1S/C20H28N4O/c1-2-24-20-9-5-7-18(17(20)15-22-24)21-14-16-6-3-4-8-19(16)23-10-12-25-13-11-23/h3-4,6,8,15,18,21H,2,5,7,9-14H2,1H3. The Kier molecular flexibility index (Phi) is 5.04. The minimum Gasteiger partial charge on any atom is -0.378 e. The van der Waals surface area contributed by atoms with E-state index in [0.717, 1.165) is 45.8 Å². The normalized spacial score (nSPS) is 20.5. The molecule has 2 aliphatic rings. The number of hydrogen-bond acceptors (Lipinski definition) is 4. The van der Waals surface area contributed by atoms with Crippen molar-refractivity contribution in [2.24, 2.45) is 0 Å². The molecule has 1 atom stereocenters. The molecule has 0 saturated carbocycles. The molecule has 4 rings (SSSR count). The number of aryl methyl sites for hydroxylation is 1. The summed E-state index contributed by atoms with van der Waals surface area (Å²) in [6, 6.07) is 9.18. The Morgan fingerprint density at radius 3 is 2.92 bits per heavy atom. The summed E-state index contributed by atoms with van der Waals surface area (Å²) in [4.78, 5) is 2.45. The van der Waals surface area contributed by atoms with Crippen LogP contribution in [0.3, 0.4) is 0 Å². The molecule has 0 radical (unpaired) electrons. The predicted molar refractivity (Wildman–Crippen MR) is 99.9 cm³/mol. The third-order valence-electron chi connectivity index (χ3n) is 5.44. The summed E-state index contributed by atoms with van der Waals surface area (Å²) in [6.45, 7) is 7.63. The fraction of sp³-hybridized carbons (Fsp3) is 0.550. The summed E-state index contributed by atoms with van der Waals surface area (Å²) >= 11 is 0. The van der Waals surface area contributed by atoms with Gasteiger partial charge < -0.3 is 15.0 Å². The van der Waals surface area contributed by atoms with Crippen LogP contribution in [-0.4, -0.2) is 36.1 Å². The molecule has 1 saturated heterocycles. The van der Waals surface area contributed by atoms with Crippen LogP contribution in [-0.2, 0) is 24.2 Å². The van der Waals surface area contributed by atoms with Gasteiger partial charge in [-0.05, 0) is 37.8 Å². The molecule has 25 heavy (non-hydrogen) atoms. The van der Waals surface area contributed by atoms with Gasteiger partial charge in [-0.3, -0.25) is 4.68 Å². The third kappa shape index (κ3) is 3.44. The first-order valence-corrected chi connectivity index (χ1v) is 9.55. The maximum absolute atomic E-state index is 5.50. The minimum absolute atomic E-state index is 0.418. The highest BCUT2D eigenvalue weighted by Gasteiger charge is 2.24. The molecule has 1 aliphatic carbocycles. The van der Waals surface area contributed by atoms with Gasteiger partial charge in [-0.2, -0.15) is 5.10 Å². The number of nitrogens with one attached hydrogen (secondary N) is 1. The van der Waals surface area contributed by atoms with E-state index in [9.17, 15) is 0 Å². The second-order valence-electron chi connectivity index (χ2n) is 6.92. The van der Waals surface area contributed by atoms with E-state index < -0.39 is 0 Å². The molecule has 1 N–H and O–H groups in total. The molecular weight excluding hydrogens is 312 g/mol. The molecule has 1 unspecified atom stereocenters. The number of anilines is 1. The molecule has 1 aliphatic heterocycles. The maximum atomic E-state index is 5.50. The molecule has 2 heterocycles. The fourth-order valence-corrected chi connectivity index (χ4v) is 4.11. The van der Waals surface area contributed by atoms with E-state index in [1.54, 1.807) is 0 Å². The number of ether oxygens (including phenoxy) is 1. The number of hydrogen-bond donors (Lipinski definition) is 1. The van der Waals surface area contributed by atoms with Crippen LogP contribution in [0, 0.1) is 0 Å². The highest BCUT2D eigenvalue weighted by Crippen LogP contribution is 2.30. The number of morpholine rings is 1. The summed E-state index contributed by atoms with van der Waals surface area (Å²) in [5, 5.41) is 8.37. The molecule has 5 nitrogen and oxygen atoms in total. The van der Waals surface area contributed by atoms with Gasteiger partial charge in [0.1, 0.15) is 0 Å². The van der Waals surface area contributed by atoms with Gasteiger partial charge in [0.2, 0.25) is 0 Å². The largest absolute Gasteiger partial charge is 0.378 e. The van der Waals surface area contributed by atoms with Crippen molar-refractivity contribution in [3.63, 3.8) is 0 Å². The lowest BCUT2D eigenvalue weighted by Crippen LogP contribution is -2.37. The first kappa shape index (κ1) is 16.6. The van der Waals surface area contributed by atoms with E-state index in [1.165, 1.54) is 35.3 Å². The van der Waals surface area contributed by atoms with Gasteiger partial charge in [0.05, 0.1) is 19.4 Å². The molecule has 1 fully saturated rings. The third-order valence-corrected chi connectivity index (χ3v) is 5.44. The number of para-hydroxylation sites is 1. The van der Waals surface area contributed by atoms with E-state index in [1.807, 2.05) is 0 Å². The Morgan fingerprint density at radius 2 is 2.08 bits per heavy atom. The number of nitrogens with zero attached hydrogens (tertiary/aromatic N) is 3. The summed E-state index contributed by atoms with van der Waals surface area (Å²) in [5.41, 5.74) is 5.54. The molecule has 0 bridgehead atoms. The fourth-order valence-electron chi connectivity index (χ4n) is 4.11. The molecule has 5 heteroatoms. The molecule has 1 aromatic heterocycles. The van der Waals surface area contributed by atoms with Crippen LogP contribution in [0.2, 0.25) is 0 Å². The molecule has 134 valence electrons. The predicted octanol–water partition coefficient (Wildman–Crippen LogP) is 2.91. The zero-order chi connectivity index (χ0) is 17.1. The van der Waals surface area contributed by atoms with Crippen molar-refractivity contribution in [1.82, 2.24) is 15.1 Å². The van der Waals surface area contributed by atoms with Crippen molar-refractivity contribution in [1.29, 1.82) is 0 Å². The highest BCUT2D eigenvalue weighted by molar-refractivity contribution is 5.54. The van der Waals surface area contributed by atoms with Crippen molar-refractivity contribution in [3.05, 3.63) is 47.3 Å². The number of benzene rings is 1. The lowest BCUT2D eigenvalue weighted by Gasteiger charge is -2.31. The van der Waals surface area contributed by atoms with Gasteiger partial charge in [0.15, 0.2) is 0 Å². The number of fused-ring (bicyclic) bond motifs is 1. The monoisotopic (exact) mass is 340 g/mol. The smallest absolute Gasteiger partial charge is 0.0642 e. The Bertz CT molecular complexity index is 705. The van der Waals surface area contributed by atoms with Gasteiger partial charge in [-0.25, -0.2) is 0 Å². The van der Waals surface area contributed by atoms with Crippen LogP contribution in [0.4, 0.5) is 5.69 Å². The van der Waals surface area contributed by atoms with Crippen molar-refractivity contribution >= 4 is 5.69 Å². The quantitative estimate of drug-likeness (QED) is 0.909. The van der Waals surface area contributed by atoms with Crippen molar-refractivity contribution < 1.29 is 4.74 Å². The average molecular weight is 340 g/mol. The summed E-state index contributed by atoms with van der Waals surface area (Å²) < 4.78 is 7.66. The minimum atomic E-state index is 0.418. The van der Waals surface area contributed by atoms with Gasteiger partial charge in [0, 0.05) is 49.2 Å². The second kappa shape index (κ2) is 7.58. The Balaban J connectivity index is 1.48. The first-order valence-electron chi connectivity index (χ1n) is 9.55. The van der Waals surface area contributed by atoms with E-state index >= 15 is 0 Å². The molecule has 1 aromatic carbocycles. The number of aromatic nitrogens is 2. The van der Waals surface area contributed by atoms with Crippen LogP contribution >= 0.6 is 0 Å². The van der Waals surface area contributed by atoms with E-state index in [4.69, 9.17) is 4.74 Å². The lowest BCUT2D eigenvalue weighted by atomic mass is 9.92. The zero-order valence-electron chi connectivity index (χ0n) is 15.1. The molecule has 0 amide bonds. The Labute approximate surface area is 150 Å². The van der Waals surface area contributed by atoms with Gasteiger partial charge in [-0.15, -0.1) is 0 Å². The van der Waals surface area contributed by atoms with Crippen LogP contribution in [0.15, 0.2) is 30.5 Å². The van der Waals surface area contributed by atoms with E-state index in [0.29, 0.717) is 6.04 Å². The molecule has 2 aromatic rings. The SMILES string of the molecule is CCn1ncc2c1CCCC2NCc1ccccc1N1CCOCC1. The Hall–Kier alpha value is -1.85. The van der Waals surface area contributed by atoms with E-state index in [-0.39, 0.29) is 0 Å². The first-order chi connectivity index (χ1) is 12.4. The molecular formula is C20H28N4O. The zero-order valence-corrected chi connectivity index (χ0v) is 15.1. The topological polar surface area (TPSA) is 42.3 Å². The van der Waals surface area contributed by atoms with Crippen LogP contribution in [0.1, 0.15) is 42.6 Å². The van der Waals surface area contributed by atoms with Gasteiger partial charge in [-0.1, -0.05) is 18.2 Å². The second-order valence-corrected chi connectivity index (χ2v) is 6.92. The van der Waals surface area contributed by atoms with Crippen molar-refractivity contribution in [2.45, 2.75) is 45.3 Å². The van der Waals surface area contributed by atoms with E-state index in [2.05, 4.69) is 57.4 Å².